The molecular formula is C12H18ClN3O4S. The molecule has 1 N–H and O–H groups in total. The summed E-state index contributed by atoms with van der Waals surface area (Å²) < 4.78 is 37.0. The summed E-state index contributed by atoms with van der Waals surface area (Å²) in [5.74, 6) is 0.432. The molecule has 0 spiro atoms. The molecule has 1 saturated heterocycles. The van der Waals surface area contributed by atoms with Crippen molar-refractivity contribution in [2.45, 2.75) is 17.1 Å². The Morgan fingerprint density at radius 3 is 2.33 bits per heavy atom. The van der Waals surface area contributed by atoms with Crippen LogP contribution in [0, 0.1) is 0 Å². The first kappa shape index (κ1) is 16.4. The van der Waals surface area contributed by atoms with Crippen LogP contribution in [-0.4, -0.2) is 64.3 Å². The van der Waals surface area contributed by atoms with Gasteiger partial charge in [-0.3, -0.25) is 0 Å². The Hall–Kier alpha value is -0.930. The zero-order valence-electron chi connectivity index (χ0n) is 12.0. The van der Waals surface area contributed by atoms with E-state index >= 15 is 0 Å². The van der Waals surface area contributed by atoms with E-state index in [-0.39, 0.29) is 35.2 Å². The SMILES string of the molecule is CNc1ncc(S(=O)(=O)N2CC(OC)C(OC)C2)cc1Cl. The van der Waals surface area contributed by atoms with Crippen molar-refractivity contribution >= 4 is 27.4 Å². The number of halogens is 1. The Kier molecular flexibility index (Phi) is 5.05. The van der Waals surface area contributed by atoms with Crippen molar-refractivity contribution in [3.8, 4) is 0 Å². The third-order valence-corrected chi connectivity index (χ3v) is 5.56. The highest BCUT2D eigenvalue weighted by Gasteiger charge is 2.40. The second-order valence-corrected chi connectivity index (χ2v) is 6.97. The van der Waals surface area contributed by atoms with E-state index in [9.17, 15) is 8.42 Å². The lowest BCUT2D eigenvalue weighted by Crippen LogP contribution is -2.30. The third-order valence-electron chi connectivity index (χ3n) is 3.48. The van der Waals surface area contributed by atoms with Gasteiger partial charge in [-0.25, -0.2) is 13.4 Å². The number of hydrogen-bond acceptors (Lipinski definition) is 6. The highest BCUT2D eigenvalue weighted by Crippen LogP contribution is 2.27. The van der Waals surface area contributed by atoms with Gasteiger partial charge in [-0.05, 0) is 6.07 Å². The molecule has 0 aromatic carbocycles. The van der Waals surface area contributed by atoms with Crippen LogP contribution in [-0.2, 0) is 19.5 Å². The van der Waals surface area contributed by atoms with E-state index in [1.165, 1.54) is 30.8 Å². The van der Waals surface area contributed by atoms with Gasteiger partial charge in [0, 0.05) is 40.6 Å². The largest absolute Gasteiger partial charge is 0.377 e. The Morgan fingerprint density at radius 2 is 1.90 bits per heavy atom. The molecule has 2 atom stereocenters. The summed E-state index contributed by atoms with van der Waals surface area (Å²) in [6, 6.07) is 1.39. The number of methoxy groups -OCH3 is 2. The highest BCUT2D eigenvalue weighted by atomic mass is 35.5. The van der Waals surface area contributed by atoms with Crippen LogP contribution in [0.3, 0.4) is 0 Å². The number of nitrogens with one attached hydrogen (secondary N) is 1. The minimum Gasteiger partial charge on any atom is -0.377 e. The van der Waals surface area contributed by atoms with Gasteiger partial charge in [0.05, 0.1) is 17.2 Å². The maximum atomic E-state index is 12.6. The fourth-order valence-corrected chi connectivity index (χ4v) is 4.02. The lowest BCUT2D eigenvalue weighted by atomic mass is 10.3. The highest BCUT2D eigenvalue weighted by molar-refractivity contribution is 7.89. The quantitative estimate of drug-likeness (QED) is 0.857. The van der Waals surface area contributed by atoms with Gasteiger partial charge >= 0.3 is 0 Å². The van der Waals surface area contributed by atoms with Gasteiger partial charge in [0.25, 0.3) is 0 Å². The lowest BCUT2D eigenvalue weighted by molar-refractivity contribution is -0.00461. The van der Waals surface area contributed by atoms with Crippen LogP contribution in [0.1, 0.15) is 0 Å². The Balaban J connectivity index is 2.28. The lowest BCUT2D eigenvalue weighted by Gasteiger charge is -2.16. The fourth-order valence-electron chi connectivity index (χ4n) is 2.25. The number of ether oxygens (including phenoxy) is 2. The van der Waals surface area contributed by atoms with Gasteiger partial charge in [-0.1, -0.05) is 11.6 Å². The predicted octanol–water partition coefficient (Wildman–Crippen LogP) is 0.811. The smallest absolute Gasteiger partial charge is 0.244 e. The number of sulfonamides is 1. The third kappa shape index (κ3) is 3.14. The maximum absolute atomic E-state index is 12.6. The summed E-state index contributed by atoms with van der Waals surface area (Å²) in [6.45, 7) is 0.478. The van der Waals surface area contributed by atoms with E-state index < -0.39 is 10.0 Å². The van der Waals surface area contributed by atoms with Crippen LogP contribution in [0.2, 0.25) is 5.02 Å². The molecule has 0 saturated carbocycles. The van der Waals surface area contributed by atoms with Crippen molar-refractivity contribution in [2.24, 2.45) is 0 Å². The normalized spacial score (nSPS) is 23.4. The van der Waals surface area contributed by atoms with Gasteiger partial charge in [-0.2, -0.15) is 4.31 Å². The minimum atomic E-state index is -3.67. The first-order valence-electron chi connectivity index (χ1n) is 6.33. The molecule has 2 rings (SSSR count). The van der Waals surface area contributed by atoms with Crippen LogP contribution < -0.4 is 5.32 Å². The van der Waals surface area contributed by atoms with Gasteiger partial charge in [0.1, 0.15) is 10.7 Å². The molecule has 1 fully saturated rings. The molecule has 0 radical (unpaired) electrons. The number of pyridine rings is 1. The van der Waals surface area contributed by atoms with Crippen molar-refractivity contribution in [2.75, 3.05) is 39.7 Å². The van der Waals surface area contributed by atoms with Crippen LogP contribution in [0.5, 0.6) is 0 Å². The Bertz CT molecular complexity index is 599. The number of aromatic nitrogens is 1. The summed E-state index contributed by atoms with van der Waals surface area (Å²) in [4.78, 5) is 4.06. The summed E-state index contributed by atoms with van der Waals surface area (Å²) in [5.41, 5.74) is 0. The molecule has 1 aromatic rings. The summed E-state index contributed by atoms with van der Waals surface area (Å²) in [5, 5.41) is 3.04. The number of nitrogens with zero attached hydrogens (tertiary/aromatic N) is 2. The Morgan fingerprint density at radius 1 is 1.33 bits per heavy atom. The van der Waals surface area contributed by atoms with Crippen LogP contribution in [0.25, 0.3) is 0 Å². The van der Waals surface area contributed by atoms with Gasteiger partial charge in [0.2, 0.25) is 10.0 Å². The van der Waals surface area contributed by atoms with Crippen molar-refractivity contribution < 1.29 is 17.9 Å². The second-order valence-electron chi connectivity index (χ2n) is 4.62. The maximum Gasteiger partial charge on any atom is 0.244 e. The number of rotatable bonds is 5. The first-order chi connectivity index (χ1) is 9.93. The minimum absolute atomic E-state index is 0.0538. The monoisotopic (exact) mass is 335 g/mol. The standard InChI is InChI=1S/C12H18ClN3O4S/c1-14-12-9(13)4-8(5-15-12)21(17,18)16-6-10(19-2)11(7-16)20-3/h4-5,10-11H,6-7H2,1-3H3,(H,14,15). The molecular weight excluding hydrogens is 318 g/mol. The van der Waals surface area contributed by atoms with Crippen LogP contribution >= 0.6 is 11.6 Å². The van der Waals surface area contributed by atoms with Crippen molar-refractivity contribution in [3.05, 3.63) is 17.3 Å². The molecule has 118 valence electrons. The first-order valence-corrected chi connectivity index (χ1v) is 8.15. The molecule has 1 aromatic heterocycles. The number of anilines is 1. The molecule has 0 aliphatic carbocycles. The molecule has 7 nitrogen and oxygen atoms in total. The van der Waals surface area contributed by atoms with Gasteiger partial charge in [0.15, 0.2) is 0 Å². The zero-order valence-corrected chi connectivity index (χ0v) is 13.6. The molecule has 0 amide bonds. The van der Waals surface area contributed by atoms with Crippen LogP contribution in [0.4, 0.5) is 5.82 Å². The van der Waals surface area contributed by atoms with Gasteiger partial charge in [-0.15, -0.1) is 0 Å². The zero-order chi connectivity index (χ0) is 15.6. The van der Waals surface area contributed by atoms with Crippen molar-refractivity contribution in [3.63, 3.8) is 0 Å². The van der Waals surface area contributed by atoms with Crippen molar-refractivity contribution in [1.29, 1.82) is 0 Å². The molecule has 1 aliphatic rings. The van der Waals surface area contributed by atoms with E-state index in [1.54, 1.807) is 7.05 Å². The van der Waals surface area contributed by atoms with E-state index in [0.29, 0.717) is 5.82 Å². The topological polar surface area (TPSA) is 80.8 Å². The average molecular weight is 336 g/mol. The summed E-state index contributed by atoms with van der Waals surface area (Å²) >= 11 is 6.00. The Labute approximate surface area is 129 Å². The second kappa shape index (κ2) is 6.45. The molecule has 9 heteroatoms. The molecule has 2 heterocycles. The van der Waals surface area contributed by atoms with Crippen molar-refractivity contribution in [1.82, 2.24) is 9.29 Å². The molecule has 2 unspecified atom stereocenters. The number of hydrogen-bond donors (Lipinski definition) is 1. The molecule has 0 bridgehead atoms. The molecule has 1 aliphatic heterocycles. The average Bonchev–Trinajstić information content (AvgIpc) is 2.91. The van der Waals surface area contributed by atoms with E-state index in [4.69, 9.17) is 21.1 Å². The van der Waals surface area contributed by atoms with E-state index in [1.807, 2.05) is 0 Å². The predicted molar refractivity (Wildman–Crippen MR) is 79.1 cm³/mol. The van der Waals surface area contributed by atoms with Crippen LogP contribution in [0.15, 0.2) is 17.2 Å². The van der Waals surface area contributed by atoms with E-state index in [2.05, 4.69) is 10.3 Å². The molecule has 21 heavy (non-hydrogen) atoms. The summed E-state index contributed by atoms with van der Waals surface area (Å²) in [6.07, 6.45) is 0.712. The van der Waals surface area contributed by atoms with E-state index in [0.717, 1.165) is 0 Å². The summed E-state index contributed by atoms with van der Waals surface area (Å²) in [7, 11) is 1.06. The van der Waals surface area contributed by atoms with Gasteiger partial charge < -0.3 is 14.8 Å². The fraction of sp³-hybridized carbons (Fsp3) is 0.583.